The number of hydrogen-bond acceptors (Lipinski definition) is 3. The highest BCUT2D eigenvalue weighted by Crippen LogP contribution is 2.06. The van der Waals surface area contributed by atoms with Crippen molar-refractivity contribution in [1.82, 2.24) is 20.3 Å². The number of halogens is 1. The summed E-state index contributed by atoms with van der Waals surface area (Å²) in [6.45, 7) is 0. The van der Waals surface area contributed by atoms with E-state index in [1.807, 2.05) is 0 Å². The van der Waals surface area contributed by atoms with Crippen molar-refractivity contribution in [2.75, 3.05) is 7.05 Å². The van der Waals surface area contributed by atoms with Crippen LogP contribution in [-0.4, -0.2) is 27.9 Å². The van der Waals surface area contributed by atoms with E-state index in [0.717, 1.165) is 0 Å². The number of nitrogens with one attached hydrogen (secondary N) is 1. The average Bonchev–Trinajstić information content (AvgIpc) is 2.78. The highest BCUT2D eigenvalue weighted by atomic mass is 19.1. The van der Waals surface area contributed by atoms with Gasteiger partial charge in [-0.2, -0.15) is 9.90 Å². The second kappa shape index (κ2) is 4.09. The topological polar surface area (TPSA) is 59.8 Å². The normalized spacial score (nSPS) is 10.1. The highest BCUT2D eigenvalue weighted by molar-refractivity contribution is 5.91. The van der Waals surface area contributed by atoms with Gasteiger partial charge in [-0.15, -0.1) is 5.10 Å². The highest BCUT2D eigenvalue weighted by Gasteiger charge is 2.09. The predicted octanol–water partition coefficient (Wildman–Crippen LogP) is 0.766. The number of carbonyl (C=O) groups is 1. The lowest BCUT2D eigenvalue weighted by Gasteiger charge is -1.98. The van der Waals surface area contributed by atoms with Gasteiger partial charge in [-0.1, -0.05) is 0 Å². The Labute approximate surface area is 90.9 Å². The third-order valence-corrected chi connectivity index (χ3v) is 2.01. The molecule has 1 heterocycles. The van der Waals surface area contributed by atoms with E-state index in [1.54, 1.807) is 0 Å². The smallest absolute Gasteiger partial charge is 0.273 e. The summed E-state index contributed by atoms with van der Waals surface area (Å²) in [5, 5.41) is 10.3. The van der Waals surface area contributed by atoms with E-state index in [9.17, 15) is 9.18 Å². The Morgan fingerprint density at radius 1 is 1.38 bits per heavy atom. The maximum Gasteiger partial charge on any atom is 0.273 e. The number of aromatic nitrogens is 3. The Hall–Kier alpha value is -2.24. The molecule has 16 heavy (non-hydrogen) atoms. The summed E-state index contributed by atoms with van der Waals surface area (Å²) < 4.78 is 12.7. The molecule has 0 aliphatic heterocycles. The largest absolute Gasteiger partial charge is 0.354 e. The zero-order valence-electron chi connectivity index (χ0n) is 8.51. The van der Waals surface area contributed by atoms with Crippen molar-refractivity contribution in [3.05, 3.63) is 42.0 Å². The van der Waals surface area contributed by atoms with E-state index >= 15 is 0 Å². The molecule has 0 aliphatic rings. The van der Waals surface area contributed by atoms with Gasteiger partial charge in [0.2, 0.25) is 0 Å². The molecule has 0 saturated carbocycles. The van der Waals surface area contributed by atoms with Crippen LogP contribution in [0.2, 0.25) is 0 Å². The van der Waals surface area contributed by atoms with Gasteiger partial charge >= 0.3 is 0 Å². The summed E-state index contributed by atoms with van der Waals surface area (Å²) in [5.41, 5.74) is 0.809. The molecule has 1 aromatic heterocycles. The van der Waals surface area contributed by atoms with Crippen LogP contribution in [0.4, 0.5) is 4.39 Å². The molecule has 1 aromatic carbocycles. The fourth-order valence-electron chi connectivity index (χ4n) is 1.19. The summed E-state index contributed by atoms with van der Waals surface area (Å²) in [5.74, 6) is -0.643. The predicted molar refractivity (Wildman–Crippen MR) is 54.7 cm³/mol. The summed E-state index contributed by atoms with van der Waals surface area (Å²) in [4.78, 5) is 12.5. The van der Waals surface area contributed by atoms with E-state index in [2.05, 4.69) is 15.5 Å². The third-order valence-electron chi connectivity index (χ3n) is 2.01. The maximum atomic E-state index is 12.7. The third kappa shape index (κ3) is 1.90. The number of hydrogen-bond donors (Lipinski definition) is 1. The summed E-state index contributed by atoms with van der Waals surface area (Å²) >= 11 is 0. The number of rotatable bonds is 2. The number of amides is 1. The Bertz CT molecular complexity index is 506. The van der Waals surface area contributed by atoms with Gasteiger partial charge in [0, 0.05) is 7.05 Å². The molecule has 5 nitrogen and oxygen atoms in total. The monoisotopic (exact) mass is 220 g/mol. The molecule has 1 N–H and O–H groups in total. The van der Waals surface area contributed by atoms with Crippen LogP contribution in [0.3, 0.4) is 0 Å². The Morgan fingerprint density at radius 2 is 2.06 bits per heavy atom. The molecular formula is C10H9FN4O. The molecule has 0 unspecified atom stereocenters. The first-order valence-electron chi connectivity index (χ1n) is 4.61. The van der Waals surface area contributed by atoms with Crippen LogP contribution < -0.4 is 5.32 Å². The van der Waals surface area contributed by atoms with E-state index in [1.165, 1.54) is 42.3 Å². The fraction of sp³-hybridized carbons (Fsp3) is 0.100. The van der Waals surface area contributed by atoms with E-state index < -0.39 is 0 Å². The molecule has 0 bridgehead atoms. The molecule has 2 rings (SSSR count). The van der Waals surface area contributed by atoms with Gasteiger partial charge in [0.15, 0.2) is 5.69 Å². The van der Waals surface area contributed by atoms with Crippen LogP contribution >= 0.6 is 0 Å². The number of benzene rings is 1. The Kier molecular flexibility index (Phi) is 2.63. The van der Waals surface area contributed by atoms with Crippen molar-refractivity contribution < 1.29 is 9.18 Å². The molecule has 0 atom stereocenters. The minimum Gasteiger partial charge on any atom is -0.354 e. The first-order valence-corrected chi connectivity index (χ1v) is 4.61. The van der Waals surface area contributed by atoms with Crippen LogP contribution in [-0.2, 0) is 0 Å². The lowest BCUT2D eigenvalue weighted by atomic mass is 10.3. The van der Waals surface area contributed by atoms with Crippen LogP contribution in [0.1, 0.15) is 10.5 Å². The van der Waals surface area contributed by atoms with Crippen molar-refractivity contribution in [1.29, 1.82) is 0 Å². The number of nitrogens with zero attached hydrogens (tertiary/aromatic N) is 3. The number of carbonyl (C=O) groups excluding carboxylic acids is 1. The van der Waals surface area contributed by atoms with Gasteiger partial charge in [0.05, 0.1) is 11.9 Å². The van der Waals surface area contributed by atoms with Gasteiger partial charge in [-0.05, 0) is 24.3 Å². The second-order valence-corrected chi connectivity index (χ2v) is 3.07. The zero-order chi connectivity index (χ0) is 11.5. The van der Waals surface area contributed by atoms with Crippen LogP contribution in [0.25, 0.3) is 5.69 Å². The molecular weight excluding hydrogens is 211 g/mol. The second-order valence-electron chi connectivity index (χ2n) is 3.07. The van der Waals surface area contributed by atoms with Crippen LogP contribution in [0.5, 0.6) is 0 Å². The first-order chi connectivity index (χ1) is 7.70. The van der Waals surface area contributed by atoms with Crippen LogP contribution in [0, 0.1) is 5.82 Å². The molecule has 6 heteroatoms. The quantitative estimate of drug-likeness (QED) is 0.813. The van der Waals surface area contributed by atoms with Gasteiger partial charge < -0.3 is 5.32 Å². The molecule has 0 saturated heterocycles. The molecule has 0 aliphatic carbocycles. The average molecular weight is 220 g/mol. The SMILES string of the molecule is CNC(=O)c1cnn(-c2ccc(F)cc2)n1. The molecule has 2 aromatic rings. The Morgan fingerprint density at radius 3 is 2.69 bits per heavy atom. The molecule has 0 spiro atoms. The van der Waals surface area contributed by atoms with Gasteiger partial charge in [-0.3, -0.25) is 4.79 Å². The molecule has 1 amide bonds. The van der Waals surface area contributed by atoms with Crippen molar-refractivity contribution in [3.63, 3.8) is 0 Å². The first kappa shape index (κ1) is 10.3. The van der Waals surface area contributed by atoms with Crippen molar-refractivity contribution in [2.24, 2.45) is 0 Å². The van der Waals surface area contributed by atoms with E-state index in [-0.39, 0.29) is 17.4 Å². The van der Waals surface area contributed by atoms with Gasteiger partial charge in [0.25, 0.3) is 5.91 Å². The van der Waals surface area contributed by atoms with E-state index in [0.29, 0.717) is 5.69 Å². The van der Waals surface area contributed by atoms with E-state index in [4.69, 9.17) is 0 Å². The standard InChI is InChI=1S/C10H9FN4O/c1-12-10(16)9-6-13-15(14-9)8-4-2-7(11)3-5-8/h2-6H,1H3,(H,12,16). The van der Waals surface area contributed by atoms with Crippen molar-refractivity contribution in [3.8, 4) is 5.69 Å². The fourth-order valence-corrected chi connectivity index (χ4v) is 1.19. The Balaban J connectivity index is 2.31. The molecule has 82 valence electrons. The maximum absolute atomic E-state index is 12.7. The lowest BCUT2D eigenvalue weighted by Crippen LogP contribution is -2.18. The summed E-state index contributed by atoms with van der Waals surface area (Å²) in [6.07, 6.45) is 1.35. The minimum absolute atomic E-state index is 0.215. The molecule has 0 radical (unpaired) electrons. The molecule has 0 fully saturated rings. The van der Waals surface area contributed by atoms with Crippen molar-refractivity contribution >= 4 is 5.91 Å². The summed E-state index contributed by atoms with van der Waals surface area (Å²) in [7, 11) is 1.51. The van der Waals surface area contributed by atoms with Crippen molar-refractivity contribution in [2.45, 2.75) is 0 Å². The van der Waals surface area contributed by atoms with Crippen LogP contribution in [0.15, 0.2) is 30.5 Å². The summed E-state index contributed by atoms with van der Waals surface area (Å²) in [6, 6.07) is 5.67. The zero-order valence-corrected chi connectivity index (χ0v) is 8.51. The lowest BCUT2D eigenvalue weighted by molar-refractivity contribution is 0.0957. The van der Waals surface area contributed by atoms with Gasteiger partial charge in [0.1, 0.15) is 5.82 Å². The van der Waals surface area contributed by atoms with Gasteiger partial charge in [-0.25, -0.2) is 4.39 Å². The minimum atomic E-state index is -0.331.